The number of benzene rings is 3. The normalized spacial score (nSPS) is 10.1. The van der Waals surface area contributed by atoms with E-state index in [0.717, 1.165) is 11.3 Å². The molecular weight excluding hydrogens is 390 g/mol. The Morgan fingerprint density at radius 1 is 0.839 bits per heavy atom. The molecule has 0 aliphatic carbocycles. The van der Waals surface area contributed by atoms with Crippen LogP contribution in [0.5, 0.6) is 5.75 Å². The van der Waals surface area contributed by atoms with E-state index in [2.05, 4.69) is 22.5 Å². The molecule has 0 atom stereocenters. The Morgan fingerprint density at radius 2 is 1.55 bits per heavy atom. The standard InChI is InChI=1S/C25H25N3O3/c1-18(2)17-31-23-13-11-20(12-14-23)27-24(29)16-26-21-9-6-10-22(15-21)28-25(30)19-7-4-3-5-8-19/h3-15,26H,1,16-17H2,2H3,(H,27,29)(H,28,30). The van der Waals surface area contributed by atoms with Crippen molar-refractivity contribution < 1.29 is 14.3 Å². The van der Waals surface area contributed by atoms with Crippen LogP contribution in [0.1, 0.15) is 17.3 Å². The van der Waals surface area contributed by atoms with Crippen LogP contribution in [-0.4, -0.2) is 25.0 Å². The van der Waals surface area contributed by atoms with E-state index in [1.807, 2.05) is 37.3 Å². The van der Waals surface area contributed by atoms with Crippen molar-refractivity contribution in [1.29, 1.82) is 0 Å². The van der Waals surface area contributed by atoms with E-state index in [1.54, 1.807) is 48.5 Å². The molecule has 0 aliphatic rings. The highest BCUT2D eigenvalue weighted by Gasteiger charge is 2.07. The fourth-order valence-electron chi connectivity index (χ4n) is 2.73. The molecule has 3 rings (SSSR count). The molecule has 31 heavy (non-hydrogen) atoms. The van der Waals surface area contributed by atoms with Crippen molar-refractivity contribution in [3.63, 3.8) is 0 Å². The van der Waals surface area contributed by atoms with Gasteiger partial charge >= 0.3 is 0 Å². The summed E-state index contributed by atoms with van der Waals surface area (Å²) in [7, 11) is 0. The fraction of sp³-hybridized carbons (Fsp3) is 0.120. The first-order chi connectivity index (χ1) is 15.0. The van der Waals surface area contributed by atoms with Crippen LogP contribution in [0.4, 0.5) is 17.1 Å². The number of carbonyl (C=O) groups excluding carboxylic acids is 2. The Balaban J connectivity index is 1.49. The molecule has 0 unspecified atom stereocenters. The maximum Gasteiger partial charge on any atom is 0.255 e. The molecule has 0 heterocycles. The Labute approximate surface area is 181 Å². The lowest BCUT2D eigenvalue weighted by molar-refractivity contribution is -0.114. The molecule has 158 valence electrons. The molecule has 0 radical (unpaired) electrons. The summed E-state index contributed by atoms with van der Waals surface area (Å²) in [5.41, 5.74) is 3.57. The van der Waals surface area contributed by atoms with Gasteiger partial charge < -0.3 is 20.7 Å². The summed E-state index contributed by atoms with van der Waals surface area (Å²) in [5.74, 6) is 0.342. The van der Waals surface area contributed by atoms with Crippen LogP contribution in [0.2, 0.25) is 0 Å². The van der Waals surface area contributed by atoms with E-state index >= 15 is 0 Å². The second-order valence-corrected chi connectivity index (χ2v) is 7.07. The van der Waals surface area contributed by atoms with Crippen molar-refractivity contribution in [2.24, 2.45) is 0 Å². The predicted octanol–water partition coefficient (Wildman–Crippen LogP) is 4.94. The molecule has 3 N–H and O–H groups in total. The maximum absolute atomic E-state index is 12.3. The van der Waals surface area contributed by atoms with Crippen LogP contribution < -0.4 is 20.7 Å². The minimum atomic E-state index is -0.189. The van der Waals surface area contributed by atoms with Gasteiger partial charge in [0.15, 0.2) is 0 Å². The molecule has 0 fully saturated rings. The zero-order valence-corrected chi connectivity index (χ0v) is 17.4. The predicted molar refractivity (Wildman–Crippen MR) is 125 cm³/mol. The lowest BCUT2D eigenvalue weighted by atomic mass is 10.2. The van der Waals surface area contributed by atoms with Gasteiger partial charge in [0.25, 0.3) is 5.91 Å². The number of hydrogen-bond donors (Lipinski definition) is 3. The van der Waals surface area contributed by atoms with Crippen LogP contribution in [0, 0.1) is 0 Å². The van der Waals surface area contributed by atoms with Crippen molar-refractivity contribution in [3.05, 3.63) is 96.6 Å². The first-order valence-electron chi connectivity index (χ1n) is 9.87. The van der Waals surface area contributed by atoms with E-state index in [9.17, 15) is 9.59 Å². The summed E-state index contributed by atoms with van der Waals surface area (Å²) in [4.78, 5) is 24.5. The summed E-state index contributed by atoms with van der Waals surface area (Å²) < 4.78 is 5.55. The highest BCUT2D eigenvalue weighted by atomic mass is 16.5. The summed E-state index contributed by atoms with van der Waals surface area (Å²) in [5, 5.41) is 8.74. The molecule has 6 nitrogen and oxygen atoms in total. The number of ether oxygens (including phenoxy) is 1. The molecule has 0 aliphatic heterocycles. The van der Waals surface area contributed by atoms with E-state index in [-0.39, 0.29) is 18.4 Å². The molecule has 0 saturated carbocycles. The first-order valence-corrected chi connectivity index (χ1v) is 9.87. The van der Waals surface area contributed by atoms with Gasteiger partial charge in [0.1, 0.15) is 12.4 Å². The van der Waals surface area contributed by atoms with E-state index in [4.69, 9.17) is 4.74 Å². The monoisotopic (exact) mass is 415 g/mol. The zero-order chi connectivity index (χ0) is 22.1. The van der Waals surface area contributed by atoms with Gasteiger partial charge in [-0.1, -0.05) is 30.8 Å². The average molecular weight is 415 g/mol. The third-order valence-electron chi connectivity index (χ3n) is 4.23. The van der Waals surface area contributed by atoms with E-state index in [0.29, 0.717) is 29.3 Å². The Kier molecular flexibility index (Phi) is 7.43. The van der Waals surface area contributed by atoms with Crippen LogP contribution in [-0.2, 0) is 4.79 Å². The van der Waals surface area contributed by atoms with Gasteiger partial charge in [0.2, 0.25) is 5.91 Å². The second-order valence-electron chi connectivity index (χ2n) is 7.07. The van der Waals surface area contributed by atoms with Gasteiger partial charge in [-0.05, 0) is 67.1 Å². The quantitative estimate of drug-likeness (QED) is 0.432. The smallest absolute Gasteiger partial charge is 0.255 e. The topological polar surface area (TPSA) is 79.5 Å². The zero-order valence-electron chi connectivity index (χ0n) is 17.4. The number of nitrogens with one attached hydrogen (secondary N) is 3. The molecule has 0 bridgehead atoms. The number of hydrogen-bond acceptors (Lipinski definition) is 4. The van der Waals surface area contributed by atoms with Crippen LogP contribution in [0.3, 0.4) is 0 Å². The molecular formula is C25H25N3O3. The van der Waals surface area contributed by atoms with Crippen molar-refractivity contribution >= 4 is 28.9 Å². The van der Waals surface area contributed by atoms with E-state index < -0.39 is 0 Å². The summed E-state index contributed by atoms with van der Waals surface area (Å²) in [6.07, 6.45) is 0. The van der Waals surface area contributed by atoms with Crippen LogP contribution in [0.25, 0.3) is 0 Å². The maximum atomic E-state index is 12.3. The van der Waals surface area contributed by atoms with Crippen molar-refractivity contribution in [1.82, 2.24) is 0 Å². The largest absolute Gasteiger partial charge is 0.489 e. The van der Waals surface area contributed by atoms with Gasteiger partial charge in [0, 0.05) is 22.6 Å². The molecule has 3 aromatic carbocycles. The summed E-state index contributed by atoms with van der Waals surface area (Å²) in [6.45, 7) is 6.24. The number of anilines is 3. The summed E-state index contributed by atoms with van der Waals surface area (Å²) in [6, 6.07) is 23.4. The Morgan fingerprint density at radius 3 is 2.26 bits per heavy atom. The molecule has 3 aromatic rings. The number of amides is 2. The van der Waals surface area contributed by atoms with Crippen LogP contribution >= 0.6 is 0 Å². The van der Waals surface area contributed by atoms with Gasteiger partial charge in [-0.2, -0.15) is 0 Å². The van der Waals surface area contributed by atoms with E-state index in [1.165, 1.54) is 0 Å². The van der Waals surface area contributed by atoms with Crippen molar-refractivity contribution in [2.75, 3.05) is 29.1 Å². The second kappa shape index (κ2) is 10.6. The van der Waals surface area contributed by atoms with Crippen LogP contribution in [0.15, 0.2) is 91.0 Å². The van der Waals surface area contributed by atoms with Gasteiger partial charge in [-0.25, -0.2) is 0 Å². The third-order valence-corrected chi connectivity index (χ3v) is 4.23. The molecule has 2 amide bonds. The van der Waals surface area contributed by atoms with Gasteiger partial charge in [-0.3, -0.25) is 9.59 Å². The Bertz CT molecular complexity index is 1050. The van der Waals surface area contributed by atoms with Crippen molar-refractivity contribution in [2.45, 2.75) is 6.92 Å². The lowest BCUT2D eigenvalue weighted by Crippen LogP contribution is -2.21. The number of rotatable bonds is 9. The highest BCUT2D eigenvalue weighted by Crippen LogP contribution is 2.18. The molecule has 6 heteroatoms. The minimum Gasteiger partial charge on any atom is -0.489 e. The molecule has 0 aromatic heterocycles. The van der Waals surface area contributed by atoms with Gasteiger partial charge in [0.05, 0.1) is 6.54 Å². The Hall–Kier alpha value is -4.06. The lowest BCUT2D eigenvalue weighted by Gasteiger charge is -2.11. The number of carbonyl (C=O) groups is 2. The van der Waals surface area contributed by atoms with Gasteiger partial charge in [-0.15, -0.1) is 0 Å². The SMILES string of the molecule is C=C(C)COc1ccc(NC(=O)CNc2cccc(NC(=O)c3ccccc3)c2)cc1. The molecule has 0 saturated heterocycles. The third kappa shape index (κ3) is 7.04. The molecule has 0 spiro atoms. The fourth-order valence-corrected chi connectivity index (χ4v) is 2.73. The van der Waals surface area contributed by atoms with Crippen molar-refractivity contribution in [3.8, 4) is 5.75 Å². The summed E-state index contributed by atoms with van der Waals surface area (Å²) >= 11 is 0. The minimum absolute atomic E-state index is 0.0873. The first kappa shape index (κ1) is 21.6. The highest BCUT2D eigenvalue weighted by molar-refractivity contribution is 6.04. The average Bonchev–Trinajstić information content (AvgIpc) is 2.78.